The van der Waals surface area contributed by atoms with Crippen LogP contribution in [0.3, 0.4) is 0 Å². The number of rotatable bonds is 14. The van der Waals surface area contributed by atoms with E-state index >= 15 is 0 Å². The number of hydrogen-bond acceptors (Lipinski definition) is 7. The van der Waals surface area contributed by atoms with Crippen LogP contribution in [0.2, 0.25) is 0 Å². The molecule has 200 valence electrons. The van der Waals surface area contributed by atoms with E-state index in [9.17, 15) is 24.6 Å². The van der Waals surface area contributed by atoms with Gasteiger partial charge in [-0.25, -0.2) is 9.69 Å². The minimum absolute atomic E-state index is 0.0117. The number of hydrogen-bond donors (Lipinski definition) is 4. The zero-order chi connectivity index (χ0) is 26.6. The Labute approximate surface area is 205 Å². The van der Waals surface area contributed by atoms with Gasteiger partial charge in [-0.2, -0.15) is 0 Å². The quantitative estimate of drug-likeness (QED) is 0.295. The number of ether oxygens (including phenoxy) is 1. The SMILES string of the molecule is CCCC[C@H](N)C(=O)N(C(=O)OC(C)(C)C)[C@@H](CC(C)C)[C@@H](O)CC(=O)N[C@H](CO)[C@@H](C)CC. The highest BCUT2D eigenvalue weighted by atomic mass is 16.6. The smallest absolute Gasteiger partial charge is 0.417 e. The van der Waals surface area contributed by atoms with Crippen LogP contribution in [0, 0.1) is 11.8 Å². The molecule has 0 spiro atoms. The van der Waals surface area contributed by atoms with E-state index < -0.39 is 47.7 Å². The van der Waals surface area contributed by atoms with E-state index in [4.69, 9.17) is 10.5 Å². The average molecular weight is 488 g/mol. The number of carbonyl (C=O) groups excluding carboxylic acids is 3. The Balaban J connectivity index is 5.94. The van der Waals surface area contributed by atoms with Gasteiger partial charge in [0.1, 0.15) is 5.60 Å². The fourth-order valence-electron chi connectivity index (χ4n) is 3.59. The van der Waals surface area contributed by atoms with Crippen molar-refractivity contribution in [3.63, 3.8) is 0 Å². The number of aliphatic hydroxyl groups excluding tert-OH is 2. The van der Waals surface area contributed by atoms with Crippen molar-refractivity contribution in [1.29, 1.82) is 0 Å². The molecule has 0 bridgehead atoms. The topological polar surface area (TPSA) is 142 Å². The molecule has 0 rings (SSSR count). The van der Waals surface area contributed by atoms with Gasteiger partial charge in [-0.15, -0.1) is 0 Å². The van der Waals surface area contributed by atoms with E-state index in [0.717, 1.165) is 17.7 Å². The molecule has 0 saturated carbocycles. The molecule has 9 heteroatoms. The van der Waals surface area contributed by atoms with E-state index in [0.29, 0.717) is 12.8 Å². The first-order valence-electron chi connectivity index (χ1n) is 12.6. The Morgan fingerprint density at radius 3 is 2.15 bits per heavy atom. The lowest BCUT2D eigenvalue weighted by molar-refractivity contribution is -0.139. The summed E-state index contributed by atoms with van der Waals surface area (Å²) < 4.78 is 5.49. The summed E-state index contributed by atoms with van der Waals surface area (Å²) in [7, 11) is 0. The van der Waals surface area contributed by atoms with E-state index in [-0.39, 0.29) is 31.3 Å². The van der Waals surface area contributed by atoms with Gasteiger partial charge in [0.15, 0.2) is 0 Å². The van der Waals surface area contributed by atoms with Gasteiger partial charge in [0.2, 0.25) is 11.8 Å². The molecule has 0 aromatic heterocycles. The van der Waals surface area contributed by atoms with Crippen molar-refractivity contribution in [2.24, 2.45) is 17.6 Å². The molecule has 0 aliphatic heterocycles. The molecule has 0 saturated heterocycles. The van der Waals surface area contributed by atoms with Crippen LogP contribution in [0.25, 0.3) is 0 Å². The van der Waals surface area contributed by atoms with Crippen molar-refractivity contribution in [2.45, 2.75) is 124 Å². The Morgan fingerprint density at radius 2 is 1.71 bits per heavy atom. The van der Waals surface area contributed by atoms with Gasteiger partial charge in [-0.3, -0.25) is 9.59 Å². The molecule has 3 amide bonds. The summed E-state index contributed by atoms with van der Waals surface area (Å²) in [5.41, 5.74) is 5.26. The van der Waals surface area contributed by atoms with Gasteiger partial charge in [-0.1, -0.05) is 53.9 Å². The van der Waals surface area contributed by atoms with E-state index in [2.05, 4.69) is 5.32 Å². The van der Waals surface area contributed by atoms with Crippen LogP contribution in [0.5, 0.6) is 0 Å². The molecule has 9 nitrogen and oxygen atoms in total. The fraction of sp³-hybridized carbons (Fsp3) is 0.880. The predicted molar refractivity (Wildman–Crippen MR) is 133 cm³/mol. The summed E-state index contributed by atoms with van der Waals surface area (Å²) in [6, 6.07) is -2.36. The lowest BCUT2D eigenvalue weighted by Crippen LogP contribution is -2.57. The number of nitrogens with two attached hydrogens (primary N) is 1. The lowest BCUT2D eigenvalue weighted by Gasteiger charge is -2.36. The molecule has 0 fully saturated rings. The number of nitrogens with one attached hydrogen (secondary N) is 1. The number of carbonyl (C=O) groups is 3. The minimum Gasteiger partial charge on any atom is -0.443 e. The third-order valence-corrected chi connectivity index (χ3v) is 5.77. The molecule has 5 N–H and O–H groups in total. The highest BCUT2D eigenvalue weighted by Crippen LogP contribution is 2.23. The summed E-state index contributed by atoms with van der Waals surface area (Å²) in [6.07, 6.45) is 0.445. The molecular weight excluding hydrogens is 438 g/mol. The molecule has 0 unspecified atom stereocenters. The summed E-state index contributed by atoms with van der Waals surface area (Å²) >= 11 is 0. The number of nitrogens with zero attached hydrogens (tertiary/aromatic N) is 1. The van der Waals surface area contributed by atoms with Gasteiger partial charge >= 0.3 is 6.09 Å². The second kappa shape index (κ2) is 15.3. The Morgan fingerprint density at radius 1 is 1.12 bits per heavy atom. The first-order valence-corrected chi connectivity index (χ1v) is 12.6. The molecule has 5 atom stereocenters. The standard InChI is InChI=1S/C25H49N3O6/c1-9-11-12-18(26)23(32)28(24(33)34-25(6,7)8)20(13-16(3)4)21(30)14-22(31)27-19(15-29)17(5)10-2/h16-21,29-30H,9-15,26H2,1-8H3,(H,27,31)/t17-,18-,19+,20-,21-/m0/s1. The van der Waals surface area contributed by atoms with Crippen LogP contribution in [-0.4, -0.2) is 69.5 Å². The summed E-state index contributed by atoms with van der Waals surface area (Å²) in [4.78, 5) is 40.0. The zero-order valence-corrected chi connectivity index (χ0v) is 22.5. The van der Waals surface area contributed by atoms with Crippen LogP contribution >= 0.6 is 0 Å². The number of imide groups is 1. The molecule has 0 aliphatic carbocycles. The Hall–Kier alpha value is -1.71. The summed E-state index contributed by atoms with van der Waals surface area (Å²) in [5.74, 6) is -1.03. The van der Waals surface area contributed by atoms with Crippen molar-refractivity contribution >= 4 is 17.9 Å². The maximum absolute atomic E-state index is 13.3. The third kappa shape index (κ3) is 11.6. The first kappa shape index (κ1) is 32.3. The van der Waals surface area contributed by atoms with Gasteiger partial charge in [-0.05, 0) is 45.4 Å². The highest BCUT2D eigenvalue weighted by molar-refractivity contribution is 5.95. The van der Waals surface area contributed by atoms with Crippen LogP contribution in [0.15, 0.2) is 0 Å². The molecule has 0 aromatic rings. The van der Waals surface area contributed by atoms with Crippen molar-refractivity contribution in [3.05, 3.63) is 0 Å². The van der Waals surface area contributed by atoms with E-state index in [1.54, 1.807) is 20.8 Å². The largest absolute Gasteiger partial charge is 0.443 e. The Kier molecular flexibility index (Phi) is 14.5. The molecule has 0 heterocycles. The minimum atomic E-state index is -1.33. The number of amides is 3. The second-order valence-corrected chi connectivity index (χ2v) is 10.6. The molecule has 0 aromatic carbocycles. The van der Waals surface area contributed by atoms with Crippen molar-refractivity contribution in [1.82, 2.24) is 10.2 Å². The average Bonchev–Trinajstić information content (AvgIpc) is 2.72. The normalized spacial score (nSPS) is 16.4. The zero-order valence-electron chi connectivity index (χ0n) is 22.5. The van der Waals surface area contributed by atoms with Crippen LogP contribution in [0.1, 0.15) is 93.9 Å². The molecule has 0 radical (unpaired) electrons. The maximum atomic E-state index is 13.3. The van der Waals surface area contributed by atoms with Crippen molar-refractivity contribution < 1.29 is 29.3 Å². The summed E-state index contributed by atoms with van der Waals surface area (Å²) in [6.45, 7) is 14.5. The number of aliphatic hydroxyl groups is 2. The maximum Gasteiger partial charge on any atom is 0.417 e. The van der Waals surface area contributed by atoms with Crippen LogP contribution in [0.4, 0.5) is 4.79 Å². The van der Waals surface area contributed by atoms with Crippen LogP contribution < -0.4 is 11.1 Å². The van der Waals surface area contributed by atoms with E-state index in [1.807, 2.05) is 34.6 Å². The van der Waals surface area contributed by atoms with E-state index in [1.165, 1.54) is 0 Å². The van der Waals surface area contributed by atoms with Crippen molar-refractivity contribution in [3.8, 4) is 0 Å². The molecule has 0 aliphatic rings. The lowest BCUT2D eigenvalue weighted by atomic mass is 9.94. The number of unbranched alkanes of at least 4 members (excludes halogenated alkanes) is 1. The van der Waals surface area contributed by atoms with Gasteiger partial charge < -0.3 is 26.0 Å². The van der Waals surface area contributed by atoms with Gasteiger partial charge in [0.05, 0.1) is 37.3 Å². The van der Waals surface area contributed by atoms with Gasteiger partial charge in [0.25, 0.3) is 0 Å². The highest BCUT2D eigenvalue weighted by Gasteiger charge is 2.40. The third-order valence-electron chi connectivity index (χ3n) is 5.77. The fourth-order valence-corrected chi connectivity index (χ4v) is 3.59. The molecule has 34 heavy (non-hydrogen) atoms. The molecular formula is C25H49N3O6. The van der Waals surface area contributed by atoms with Gasteiger partial charge in [0, 0.05) is 0 Å². The Bertz CT molecular complexity index is 635. The predicted octanol–water partition coefficient (Wildman–Crippen LogP) is 2.96. The summed E-state index contributed by atoms with van der Waals surface area (Å²) in [5, 5.41) is 23.4. The van der Waals surface area contributed by atoms with Crippen LogP contribution in [-0.2, 0) is 14.3 Å². The monoisotopic (exact) mass is 487 g/mol. The van der Waals surface area contributed by atoms with Crippen molar-refractivity contribution in [2.75, 3.05) is 6.61 Å². The first-order chi connectivity index (χ1) is 15.7. The second-order valence-electron chi connectivity index (χ2n) is 10.6.